The van der Waals surface area contributed by atoms with Crippen molar-refractivity contribution in [2.75, 3.05) is 49.5 Å². The Morgan fingerprint density at radius 3 is 2.37 bits per heavy atom. The second kappa shape index (κ2) is 10.6. The quantitative estimate of drug-likeness (QED) is 0.461. The van der Waals surface area contributed by atoms with E-state index in [1.807, 2.05) is 0 Å². The fraction of sp³-hybridized carbons (Fsp3) is 0.571. The van der Waals surface area contributed by atoms with Gasteiger partial charge in [-0.1, -0.05) is 6.07 Å². The van der Waals surface area contributed by atoms with Gasteiger partial charge in [-0.2, -0.15) is 13.2 Å². The molecule has 0 radical (unpaired) electrons. The average Bonchev–Trinajstić information content (AvgIpc) is 2.91. The number of ether oxygens (including phenoxy) is 1. The summed E-state index contributed by atoms with van der Waals surface area (Å²) in [6, 6.07) is 3.65. The zero-order chi connectivity index (χ0) is 31.5. The number of piperazine rings is 2. The van der Waals surface area contributed by atoms with Gasteiger partial charge in [0.15, 0.2) is 22.9 Å². The van der Waals surface area contributed by atoms with Crippen LogP contribution >= 0.6 is 0 Å². The number of nitrogens with zero attached hydrogens (tertiary/aromatic N) is 6. The van der Waals surface area contributed by atoms with Gasteiger partial charge in [-0.3, -0.25) is 0 Å². The van der Waals surface area contributed by atoms with E-state index in [9.17, 15) is 32.3 Å². The van der Waals surface area contributed by atoms with Gasteiger partial charge in [0.2, 0.25) is 0 Å². The van der Waals surface area contributed by atoms with E-state index in [-0.39, 0.29) is 48.9 Å². The number of carbonyl (C=O) groups is 2. The highest BCUT2D eigenvalue weighted by molar-refractivity contribution is 5.80. The molecule has 1 aromatic heterocycles. The van der Waals surface area contributed by atoms with Crippen LogP contribution in [0.3, 0.4) is 0 Å². The van der Waals surface area contributed by atoms with E-state index in [0.717, 1.165) is 6.07 Å². The highest BCUT2D eigenvalue weighted by Crippen LogP contribution is 2.47. The van der Waals surface area contributed by atoms with Crippen LogP contribution in [-0.4, -0.2) is 111 Å². The topological polar surface area (TPSA) is 114 Å². The number of alkyl halides is 3. The number of anilines is 2. The van der Waals surface area contributed by atoms with Crippen molar-refractivity contribution < 1.29 is 37.0 Å². The standard InChI is InChI=1S/C28H35F4N7O4/c1-16-12-37(25(42)43-26(3,4)5)13-17(2)39(16)24(41)36-9-10-38-21-11-20(18-7-6-8-19(29)22(18)40)34-35-23(21)33-14-27(38,15-36)28(30,31)32/h6-8,11,16-17,40H,9-10,12-15H2,1-5H3,(H,33,35)/t16-,17+,27?. The smallest absolute Gasteiger partial charge is 0.415 e. The number of aromatic hydroxyl groups is 1. The maximum atomic E-state index is 15.0. The SMILES string of the molecule is C[C@@H]1CN(C(=O)OC(C)(C)C)C[C@H](C)N1C(=O)N1CCN2c3cc(-c4cccc(F)c4O)nnc3NCC2(C(F)(F)F)C1. The number of halogens is 4. The number of amides is 3. The summed E-state index contributed by atoms with van der Waals surface area (Å²) < 4.78 is 64.5. The number of phenolic OH excluding ortho intramolecular Hbond substituents is 1. The number of carbonyl (C=O) groups excluding carboxylic acids is 2. The lowest BCUT2D eigenvalue weighted by Gasteiger charge is -2.55. The number of nitrogens with one attached hydrogen (secondary N) is 1. The predicted molar refractivity (Wildman–Crippen MR) is 149 cm³/mol. The molecule has 4 heterocycles. The van der Waals surface area contributed by atoms with Crippen LogP contribution in [0.15, 0.2) is 24.3 Å². The molecule has 2 saturated heterocycles. The lowest BCUT2D eigenvalue weighted by Crippen LogP contribution is -2.75. The van der Waals surface area contributed by atoms with Gasteiger partial charge in [-0.05, 0) is 52.8 Å². The minimum atomic E-state index is -4.77. The minimum Gasteiger partial charge on any atom is -0.504 e. The molecule has 11 nitrogen and oxygen atoms in total. The van der Waals surface area contributed by atoms with Crippen molar-refractivity contribution >= 4 is 23.6 Å². The summed E-state index contributed by atoms with van der Waals surface area (Å²) in [5.74, 6) is -1.48. The zero-order valence-corrected chi connectivity index (χ0v) is 24.6. The van der Waals surface area contributed by atoms with Crippen LogP contribution < -0.4 is 10.2 Å². The molecular weight excluding hydrogens is 574 g/mol. The summed E-state index contributed by atoms with van der Waals surface area (Å²) in [6.07, 6.45) is -5.28. The maximum Gasteiger partial charge on any atom is 0.415 e. The van der Waals surface area contributed by atoms with Gasteiger partial charge < -0.3 is 34.8 Å². The number of urea groups is 1. The van der Waals surface area contributed by atoms with Crippen molar-refractivity contribution in [3.63, 3.8) is 0 Å². The molecule has 234 valence electrons. The second-order valence-corrected chi connectivity index (χ2v) is 12.3. The highest BCUT2D eigenvalue weighted by Gasteiger charge is 2.63. The first-order chi connectivity index (χ1) is 20.0. The fourth-order valence-corrected chi connectivity index (χ4v) is 6.06. The van der Waals surface area contributed by atoms with Gasteiger partial charge in [0, 0.05) is 43.8 Å². The first kappa shape index (κ1) is 30.4. The second-order valence-electron chi connectivity index (χ2n) is 12.3. The van der Waals surface area contributed by atoms with Gasteiger partial charge in [-0.25, -0.2) is 14.0 Å². The third-order valence-electron chi connectivity index (χ3n) is 8.03. The molecule has 15 heteroatoms. The third kappa shape index (κ3) is 5.44. The molecule has 3 amide bonds. The summed E-state index contributed by atoms with van der Waals surface area (Å²) in [5.41, 5.74) is -3.13. The first-order valence-electron chi connectivity index (χ1n) is 14.0. The summed E-state index contributed by atoms with van der Waals surface area (Å²) in [6.45, 7) is 7.71. The van der Waals surface area contributed by atoms with Crippen molar-refractivity contribution in [1.29, 1.82) is 0 Å². The Morgan fingerprint density at radius 1 is 1.07 bits per heavy atom. The molecule has 3 atom stereocenters. The molecule has 1 unspecified atom stereocenters. The molecule has 2 fully saturated rings. The zero-order valence-electron chi connectivity index (χ0n) is 24.6. The van der Waals surface area contributed by atoms with Crippen molar-refractivity contribution in [3.05, 3.63) is 30.1 Å². The number of phenols is 1. The van der Waals surface area contributed by atoms with Crippen molar-refractivity contribution in [1.82, 2.24) is 24.9 Å². The van der Waals surface area contributed by atoms with Crippen LogP contribution in [0, 0.1) is 5.82 Å². The molecule has 2 aromatic rings. The van der Waals surface area contributed by atoms with Crippen LogP contribution in [0.25, 0.3) is 11.3 Å². The molecular formula is C28H35F4N7O4. The number of aromatic nitrogens is 2. The normalized spacial score (nSPS) is 24.2. The highest BCUT2D eigenvalue weighted by atomic mass is 19.4. The van der Waals surface area contributed by atoms with Gasteiger partial charge in [-0.15, -0.1) is 10.2 Å². The van der Waals surface area contributed by atoms with Gasteiger partial charge in [0.1, 0.15) is 5.60 Å². The Labute approximate surface area is 246 Å². The molecule has 3 aliphatic rings. The first-order valence-corrected chi connectivity index (χ1v) is 14.0. The number of hydrogen-bond acceptors (Lipinski definition) is 8. The van der Waals surface area contributed by atoms with Crippen molar-refractivity contribution in [2.45, 2.75) is 64.0 Å². The van der Waals surface area contributed by atoms with E-state index < -0.39 is 66.2 Å². The number of rotatable bonds is 1. The monoisotopic (exact) mass is 609 g/mol. The van der Waals surface area contributed by atoms with E-state index in [2.05, 4.69) is 15.5 Å². The third-order valence-corrected chi connectivity index (χ3v) is 8.03. The van der Waals surface area contributed by atoms with Crippen molar-refractivity contribution in [2.24, 2.45) is 0 Å². The number of benzene rings is 1. The lowest BCUT2D eigenvalue weighted by molar-refractivity contribution is -0.191. The largest absolute Gasteiger partial charge is 0.504 e. The van der Waals surface area contributed by atoms with Gasteiger partial charge >= 0.3 is 18.3 Å². The van der Waals surface area contributed by atoms with Gasteiger partial charge in [0.05, 0.1) is 24.5 Å². The Kier molecular flexibility index (Phi) is 7.49. The van der Waals surface area contributed by atoms with Crippen LogP contribution in [-0.2, 0) is 4.74 Å². The van der Waals surface area contributed by atoms with E-state index in [1.54, 1.807) is 34.6 Å². The number of hydrogen-bond donors (Lipinski definition) is 2. The molecule has 0 saturated carbocycles. The lowest BCUT2D eigenvalue weighted by atomic mass is 9.89. The molecule has 43 heavy (non-hydrogen) atoms. The average molecular weight is 610 g/mol. The van der Waals surface area contributed by atoms with Crippen LogP contribution in [0.5, 0.6) is 5.75 Å². The molecule has 0 spiro atoms. The predicted octanol–water partition coefficient (Wildman–Crippen LogP) is 4.29. The maximum absolute atomic E-state index is 15.0. The molecule has 5 rings (SSSR count). The van der Waals surface area contributed by atoms with Gasteiger partial charge in [0.25, 0.3) is 0 Å². The summed E-state index contributed by atoms with van der Waals surface area (Å²) in [4.78, 5) is 31.9. The summed E-state index contributed by atoms with van der Waals surface area (Å²) >= 11 is 0. The molecule has 0 aliphatic carbocycles. The van der Waals surface area contributed by atoms with Crippen LogP contribution in [0.2, 0.25) is 0 Å². The van der Waals surface area contributed by atoms with E-state index in [0.29, 0.717) is 0 Å². The summed E-state index contributed by atoms with van der Waals surface area (Å²) in [7, 11) is 0. The summed E-state index contributed by atoms with van der Waals surface area (Å²) in [5, 5.41) is 20.9. The Morgan fingerprint density at radius 2 is 1.74 bits per heavy atom. The number of fused-ring (bicyclic) bond motifs is 3. The van der Waals surface area contributed by atoms with Crippen molar-refractivity contribution in [3.8, 4) is 17.0 Å². The fourth-order valence-electron chi connectivity index (χ4n) is 6.06. The Balaban J connectivity index is 1.40. The molecule has 2 N–H and O–H groups in total. The Bertz CT molecular complexity index is 1410. The Hall–Kier alpha value is -4.04. The van der Waals surface area contributed by atoms with E-state index >= 15 is 0 Å². The number of para-hydroxylation sites is 1. The molecule has 0 bridgehead atoms. The van der Waals surface area contributed by atoms with Crippen LogP contribution in [0.4, 0.5) is 38.7 Å². The van der Waals surface area contributed by atoms with E-state index in [1.165, 1.54) is 37.8 Å². The molecule has 3 aliphatic heterocycles. The molecule has 1 aromatic carbocycles. The minimum absolute atomic E-state index is 0.000428. The van der Waals surface area contributed by atoms with Crippen LogP contribution in [0.1, 0.15) is 34.6 Å². The van der Waals surface area contributed by atoms with E-state index in [4.69, 9.17) is 4.74 Å².